The fraction of sp³-hybridized carbons (Fsp3) is 0.769. The maximum Gasteiger partial charge on any atom is 0.203 e. The van der Waals surface area contributed by atoms with Crippen LogP contribution in [0.5, 0.6) is 0 Å². The molecular weight excluding hydrogens is 244 g/mol. The van der Waals surface area contributed by atoms with Crippen LogP contribution < -0.4 is 5.32 Å². The Hall–Kier alpha value is -1.11. The van der Waals surface area contributed by atoms with Gasteiger partial charge in [0.05, 0.1) is 19.8 Å². The SMILES string of the molecule is COCC(C)Nc1nccn1CCN1CCOCC1. The molecule has 1 aromatic rings. The molecule has 6 nitrogen and oxygen atoms in total. The molecule has 2 heterocycles. The third-order valence-electron chi connectivity index (χ3n) is 3.27. The van der Waals surface area contributed by atoms with E-state index in [2.05, 4.69) is 26.7 Å². The van der Waals surface area contributed by atoms with E-state index in [0.717, 1.165) is 45.3 Å². The molecule has 0 amide bonds. The molecule has 1 atom stereocenters. The molecule has 2 rings (SSSR count). The van der Waals surface area contributed by atoms with Crippen molar-refractivity contribution in [2.24, 2.45) is 0 Å². The van der Waals surface area contributed by atoms with Crippen molar-refractivity contribution in [1.82, 2.24) is 14.5 Å². The minimum absolute atomic E-state index is 0.259. The highest BCUT2D eigenvalue weighted by Gasteiger charge is 2.11. The van der Waals surface area contributed by atoms with Crippen LogP contribution in [0.2, 0.25) is 0 Å². The summed E-state index contributed by atoms with van der Waals surface area (Å²) in [6.45, 7) is 8.49. The van der Waals surface area contributed by atoms with Gasteiger partial charge < -0.3 is 19.4 Å². The normalized spacial score (nSPS) is 18.4. The highest BCUT2D eigenvalue weighted by molar-refractivity contribution is 5.27. The lowest BCUT2D eigenvalue weighted by molar-refractivity contribution is 0.0364. The van der Waals surface area contributed by atoms with E-state index in [1.54, 1.807) is 7.11 Å². The number of rotatable bonds is 7. The standard InChI is InChI=1S/C13H24N4O2/c1-12(11-18-2)15-13-14-3-4-17(13)6-5-16-7-9-19-10-8-16/h3-4,12H,5-11H2,1-2H3,(H,14,15). The van der Waals surface area contributed by atoms with Crippen LogP contribution in [0.1, 0.15) is 6.92 Å². The summed E-state index contributed by atoms with van der Waals surface area (Å²) in [6.07, 6.45) is 3.85. The molecule has 19 heavy (non-hydrogen) atoms. The third-order valence-corrected chi connectivity index (χ3v) is 3.27. The summed E-state index contributed by atoms with van der Waals surface area (Å²) >= 11 is 0. The number of anilines is 1. The van der Waals surface area contributed by atoms with Crippen LogP contribution >= 0.6 is 0 Å². The number of methoxy groups -OCH3 is 1. The molecule has 6 heteroatoms. The Morgan fingerprint density at radius 3 is 2.95 bits per heavy atom. The van der Waals surface area contributed by atoms with Gasteiger partial charge in [-0.15, -0.1) is 0 Å². The van der Waals surface area contributed by atoms with E-state index in [9.17, 15) is 0 Å². The van der Waals surface area contributed by atoms with E-state index < -0.39 is 0 Å². The lowest BCUT2D eigenvalue weighted by Crippen LogP contribution is -2.38. The fourth-order valence-corrected chi connectivity index (χ4v) is 2.22. The molecule has 0 radical (unpaired) electrons. The zero-order chi connectivity index (χ0) is 13.5. The Balaban J connectivity index is 1.81. The number of imidazole rings is 1. The van der Waals surface area contributed by atoms with Crippen molar-refractivity contribution in [1.29, 1.82) is 0 Å². The highest BCUT2D eigenvalue weighted by atomic mass is 16.5. The second-order valence-electron chi connectivity index (χ2n) is 4.90. The Bertz CT molecular complexity index is 363. The summed E-state index contributed by atoms with van der Waals surface area (Å²) in [7, 11) is 1.71. The summed E-state index contributed by atoms with van der Waals surface area (Å²) in [4.78, 5) is 6.78. The maximum absolute atomic E-state index is 5.35. The molecule has 1 aliphatic heterocycles. The summed E-state index contributed by atoms with van der Waals surface area (Å²) < 4.78 is 12.6. The number of nitrogens with zero attached hydrogens (tertiary/aromatic N) is 3. The predicted molar refractivity (Wildman–Crippen MR) is 74.4 cm³/mol. The third kappa shape index (κ3) is 4.49. The first kappa shape index (κ1) is 14.3. The van der Waals surface area contributed by atoms with Gasteiger partial charge in [-0.1, -0.05) is 0 Å². The molecule has 1 aliphatic rings. The second-order valence-corrected chi connectivity index (χ2v) is 4.90. The molecular formula is C13H24N4O2. The largest absolute Gasteiger partial charge is 0.383 e. The topological polar surface area (TPSA) is 51.5 Å². The van der Waals surface area contributed by atoms with Gasteiger partial charge in [-0.25, -0.2) is 4.98 Å². The molecule has 1 fully saturated rings. The van der Waals surface area contributed by atoms with E-state index in [0.29, 0.717) is 6.61 Å². The van der Waals surface area contributed by atoms with Gasteiger partial charge >= 0.3 is 0 Å². The molecule has 1 N–H and O–H groups in total. The quantitative estimate of drug-likeness (QED) is 0.787. The van der Waals surface area contributed by atoms with Crippen molar-refractivity contribution in [3.63, 3.8) is 0 Å². The van der Waals surface area contributed by atoms with Gasteiger partial charge in [-0.05, 0) is 6.92 Å². The average molecular weight is 268 g/mol. The first-order valence-electron chi connectivity index (χ1n) is 6.86. The summed E-state index contributed by atoms with van der Waals surface area (Å²) in [5.41, 5.74) is 0. The Morgan fingerprint density at radius 2 is 2.21 bits per heavy atom. The van der Waals surface area contributed by atoms with Crippen LogP contribution in [-0.2, 0) is 16.0 Å². The predicted octanol–water partition coefficient (Wildman–Crippen LogP) is 0.662. The lowest BCUT2D eigenvalue weighted by atomic mass is 10.4. The smallest absolute Gasteiger partial charge is 0.203 e. The maximum atomic E-state index is 5.35. The van der Waals surface area contributed by atoms with Gasteiger partial charge in [0.2, 0.25) is 5.95 Å². The summed E-state index contributed by atoms with van der Waals surface area (Å²) in [5.74, 6) is 0.915. The molecule has 1 saturated heterocycles. The van der Waals surface area contributed by atoms with E-state index in [1.165, 1.54) is 0 Å². The van der Waals surface area contributed by atoms with Gasteiger partial charge in [0.1, 0.15) is 0 Å². The highest BCUT2D eigenvalue weighted by Crippen LogP contribution is 2.07. The Morgan fingerprint density at radius 1 is 1.42 bits per heavy atom. The van der Waals surface area contributed by atoms with Crippen LogP contribution in [0, 0.1) is 0 Å². The first-order valence-corrected chi connectivity index (χ1v) is 6.86. The molecule has 0 spiro atoms. The van der Waals surface area contributed by atoms with Crippen molar-refractivity contribution >= 4 is 5.95 Å². The van der Waals surface area contributed by atoms with E-state index in [-0.39, 0.29) is 6.04 Å². The lowest BCUT2D eigenvalue weighted by Gasteiger charge is -2.27. The van der Waals surface area contributed by atoms with Crippen LogP contribution in [0.3, 0.4) is 0 Å². The fourth-order valence-electron chi connectivity index (χ4n) is 2.22. The molecule has 0 aromatic carbocycles. The first-order chi connectivity index (χ1) is 9.29. The second kappa shape index (κ2) is 7.47. The number of nitrogens with one attached hydrogen (secondary N) is 1. The van der Waals surface area contributed by atoms with Gasteiger partial charge in [-0.2, -0.15) is 0 Å². The summed E-state index contributed by atoms with van der Waals surface area (Å²) in [6, 6.07) is 0.259. The zero-order valence-corrected chi connectivity index (χ0v) is 11.8. The van der Waals surface area contributed by atoms with E-state index in [4.69, 9.17) is 9.47 Å². The van der Waals surface area contributed by atoms with Gasteiger partial charge in [0, 0.05) is 51.7 Å². The number of morpholine rings is 1. The van der Waals surface area contributed by atoms with Crippen molar-refractivity contribution in [2.75, 3.05) is 51.9 Å². The molecule has 1 aromatic heterocycles. The van der Waals surface area contributed by atoms with Crippen molar-refractivity contribution < 1.29 is 9.47 Å². The van der Waals surface area contributed by atoms with Crippen LogP contribution in [0.4, 0.5) is 5.95 Å². The van der Waals surface area contributed by atoms with Crippen LogP contribution in [-0.4, -0.2) is 67.1 Å². The molecule has 108 valence electrons. The molecule has 0 aliphatic carbocycles. The number of ether oxygens (including phenoxy) is 2. The molecule has 1 unspecified atom stereocenters. The van der Waals surface area contributed by atoms with Crippen molar-refractivity contribution in [3.8, 4) is 0 Å². The molecule has 0 bridgehead atoms. The van der Waals surface area contributed by atoms with Gasteiger partial charge in [0.15, 0.2) is 0 Å². The van der Waals surface area contributed by atoms with Gasteiger partial charge in [-0.3, -0.25) is 4.90 Å². The van der Waals surface area contributed by atoms with E-state index >= 15 is 0 Å². The number of aromatic nitrogens is 2. The molecule has 0 saturated carbocycles. The minimum Gasteiger partial charge on any atom is -0.383 e. The van der Waals surface area contributed by atoms with Crippen LogP contribution in [0.25, 0.3) is 0 Å². The average Bonchev–Trinajstić information content (AvgIpc) is 2.85. The van der Waals surface area contributed by atoms with Gasteiger partial charge in [0.25, 0.3) is 0 Å². The monoisotopic (exact) mass is 268 g/mol. The van der Waals surface area contributed by atoms with Crippen molar-refractivity contribution in [2.45, 2.75) is 19.5 Å². The van der Waals surface area contributed by atoms with Crippen molar-refractivity contribution in [3.05, 3.63) is 12.4 Å². The minimum atomic E-state index is 0.259. The summed E-state index contributed by atoms with van der Waals surface area (Å²) in [5, 5.41) is 3.36. The van der Waals surface area contributed by atoms with Crippen LogP contribution in [0.15, 0.2) is 12.4 Å². The van der Waals surface area contributed by atoms with E-state index in [1.807, 2.05) is 12.4 Å². The zero-order valence-electron chi connectivity index (χ0n) is 11.8. The Kier molecular flexibility index (Phi) is 5.62. The number of hydrogen-bond donors (Lipinski definition) is 1. The Labute approximate surface area is 114 Å². The number of hydrogen-bond acceptors (Lipinski definition) is 5.